The van der Waals surface area contributed by atoms with Gasteiger partial charge in [-0.15, -0.1) is 0 Å². The second-order valence-electron chi connectivity index (χ2n) is 4.33. The zero-order valence-corrected chi connectivity index (χ0v) is 10.4. The summed E-state index contributed by atoms with van der Waals surface area (Å²) in [4.78, 5) is 12.0. The summed E-state index contributed by atoms with van der Waals surface area (Å²) in [5, 5.41) is 0.554. The van der Waals surface area contributed by atoms with Crippen LogP contribution in [0.15, 0.2) is 18.2 Å². The van der Waals surface area contributed by atoms with Gasteiger partial charge in [-0.25, -0.2) is 0 Å². The van der Waals surface area contributed by atoms with Gasteiger partial charge in [-0.05, 0) is 37.5 Å². The van der Waals surface area contributed by atoms with E-state index in [1.165, 1.54) is 0 Å². The SMILES string of the molecule is Nc1cc(Cl)ccc1C(=O)CCC1CCCO1. The molecular weight excluding hydrogens is 238 g/mol. The van der Waals surface area contributed by atoms with Gasteiger partial charge in [-0.2, -0.15) is 0 Å². The number of benzene rings is 1. The molecule has 0 aliphatic carbocycles. The van der Waals surface area contributed by atoms with E-state index in [9.17, 15) is 4.79 Å². The first-order chi connectivity index (χ1) is 8.16. The first-order valence-electron chi connectivity index (χ1n) is 5.86. The zero-order chi connectivity index (χ0) is 12.3. The highest BCUT2D eigenvalue weighted by molar-refractivity contribution is 6.31. The van der Waals surface area contributed by atoms with E-state index in [4.69, 9.17) is 22.1 Å². The number of carbonyl (C=O) groups is 1. The van der Waals surface area contributed by atoms with Crippen molar-refractivity contribution < 1.29 is 9.53 Å². The van der Waals surface area contributed by atoms with Crippen molar-refractivity contribution in [1.82, 2.24) is 0 Å². The van der Waals surface area contributed by atoms with Gasteiger partial charge in [0.1, 0.15) is 0 Å². The van der Waals surface area contributed by atoms with Crippen molar-refractivity contribution in [2.45, 2.75) is 31.8 Å². The van der Waals surface area contributed by atoms with Crippen LogP contribution < -0.4 is 5.73 Å². The molecule has 1 unspecified atom stereocenters. The van der Waals surface area contributed by atoms with Gasteiger partial charge in [0.15, 0.2) is 5.78 Å². The zero-order valence-electron chi connectivity index (χ0n) is 9.62. The first kappa shape index (κ1) is 12.4. The van der Waals surface area contributed by atoms with E-state index in [0.717, 1.165) is 25.9 Å². The van der Waals surface area contributed by atoms with Gasteiger partial charge >= 0.3 is 0 Å². The van der Waals surface area contributed by atoms with Crippen LogP contribution in [0.1, 0.15) is 36.0 Å². The molecule has 0 spiro atoms. The Kier molecular flexibility index (Phi) is 4.02. The van der Waals surface area contributed by atoms with Gasteiger partial charge in [-0.1, -0.05) is 11.6 Å². The maximum Gasteiger partial charge on any atom is 0.165 e. The third-order valence-electron chi connectivity index (χ3n) is 3.03. The molecule has 0 bridgehead atoms. The Hall–Kier alpha value is -1.06. The summed E-state index contributed by atoms with van der Waals surface area (Å²) in [6.45, 7) is 0.821. The average Bonchev–Trinajstić information content (AvgIpc) is 2.78. The topological polar surface area (TPSA) is 52.3 Å². The normalized spacial score (nSPS) is 19.5. The lowest BCUT2D eigenvalue weighted by molar-refractivity contribution is 0.0860. The van der Waals surface area contributed by atoms with Crippen molar-refractivity contribution >= 4 is 23.1 Å². The highest BCUT2D eigenvalue weighted by Crippen LogP contribution is 2.22. The van der Waals surface area contributed by atoms with Gasteiger partial charge in [-0.3, -0.25) is 4.79 Å². The van der Waals surface area contributed by atoms with Crippen LogP contribution in [0.25, 0.3) is 0 Å². The second-order valence-corrected chi connectivity index (χ2v) is 4.76. The number of anilines is 1. The number of halogens is 1. The van der Waals surface area contributed by atoms with Crippen LogP contribution in [0.2, 0.25) is 5.02 Å². The molecule has 1 saturated heterocycles. The lowest BCUT2D eigenvalue weighted by atomic mass is 10.0. The molecule has 1 fully saturated rings. The fraction of sp³-hybridized carbons (Fsp3) is 0.462. The molecule has 2 N–H and O–H groups in total. The van der Waals surface area contributed by atoms with Crippen LogP contribution >= 0.6 is 11.6 Å². The van der Waals surface area contributed by atoms with E-state index in [1.807, 2.05) is 0 Å². The molecule has 0 aromatic heterocycles. The number of nitrogen functional groups attached to an aromatic ring is 1. The van der Waals surface area contributed by atoms with Crippen molar-refractivity contribution in [3.63, 3.8) is 0 Å². The third kappa shape index (κ3) is 3.20. The highest BCUT2D eigenvalue weighted by atomic mass is 35.5. The number of Topliss-reactive ketones (excluding diaryl/α,β-unsaturated/α-hetero) is 1. The van der Waals surface area contributed by atoms with Gasteiger partial charge in [0.25, 0.3) is 0 Å². The molecule has 17 heavy (non-hydrogen) atoms. The summed E-state index contributed by atoms with van der Waals surface area (Å²) in [5.74, 6) is 0.0645. The van der Waals surface area contributed by atoms with E-state index in [0.29, 0.717) is 22.7 Å². The molecule has 3 nitrogen and oxygen atoms in total. The van der Waals surface area contributed by atoms with Crippen molar-refractivity contribution in [3.8, 4) is 0 Å². The maximum atomic E-state index is 12.0. The van der Waals surface area contributed by atoms with E-state index in [-0.39, 0.29) is 11.9 Å². The lowest BCUT2D eigenvalue weighted by Gasteiger charge is -2.09. The molecule has 4 heteroatoms. The molecule has 1 heterocycles. The minimum Gasteiger partial charge on any atom is -0.398 e. The number of ether oxygens (including phenoxy) is 1. The Morgan fingerprint density at radius 1 is 1.53 bits per heavy atom. The molecular formula is C13H16ClNO2. The van der Waals surface area contributed by atoms with Crippen LogP contribution in [0.5, 0.6) is 0 Å². The standard InChI is InChI=1S/C13H16ClNO2/c14-9-3-5-11(12(15)8-9)13(16)6-4-10-2-1-7-17-10/h3,5,8,10H,1-2,4,6-7,15H2. The van der Waals surface area contributed by atoms with E-state index >= 15 is 0 Å². The van der Waals surface area contributed by atoms with Crippen molar-refractivity contribution in [2.24, 2.45) is 0 Å². The van der Waals surface area contributed by atoms with Gasteiger partial charge in [0.2, 0.25) is 0 Å². The van der Waals surface area contributed by atoms with Crippen molar-refractivity contribution in [1.29, 1.82) is 0 Å². The largest absolute Gasteiger partial charge is 0.398 e. The van der Waals surface area contributed by atoms with Crippen LogP contribution in [-0.4, -0.2) is 18.5 Å². The fourth-order valence-corrected chi connectivity index (χ4v) is 2.27. The number of rotatable bonds is 4. The Balaban J connectivity index is 1.94. The average molecular weight is 254 g/mol. The Morgan fingerprint density at radius 2 is 2.35 bits per heavy atom. The fourth-order valence-electron chi connectivity index (χ4n) is 2.09. The molecule has 1 aromatic rings. The number of ketones is 1. The minimum atomic E-state index is 0.0645. The maximum absolute atomic E-state index is 12.0. The first-order valence-corrected chi connectivity index (χ1v) is 6.24. The number of hydrogen-bond donors (Lipinski definition) is 1. The summed E-state index contributed by atoms with van der Waals surface area (Å²) in [6, 6.07) is 4.99. The second kappa shape index (κ2) is 5.52. The molecule has 0 amide bonds. The van der Waals surface area contributed by atoms with Gasteiger partial charge < -0.3 is 10.5 Å². The summed E-state index contributed by atoms with van der Waals surface area (Å²) in [7, 11) is 0. The van der Waals surface area contributed by atoms with E-state index < -0.39 is 0 Å². The Bertz CT molecular complexity index is 414. The van der Waals surface area contributed by atoms with Crippen LogP contribution in [-0.2, 0) is 4.74 Å². The molecule has 1 atom stereocenters. The van der Waals surface area contributed by atoms with E-state index in [2.05, 4.69) is 0 Å². The summed E-state index contributed by atoms with van der Waals surface area (Å²) in [6.07, 6.45) is 3.66. The summed E-state index contributed by atoms with van der Waals surface area (Å²) >= 11 is 5.79. The van der Waals surface area contributed by atoms with Gasteiger partial charge in [0, 0.05) is 29.3 Å². The van der Waals surface area contributed by atoms with Crippen molar-refractivity contribution in [2.75, 3.05) is 12.3 Å². The molecule has 92 valence electrons. The number of nitrogens with two attached hydrogens (primary N) is 1. The number of carbonyl (C=O) groups excluding carboxylic acids is 1. The predicted octanol–water partition coefficient (Wildman–Crippen LogP) is 3.06. The Morgan fingerprint density at radius 3 is 3.00 bits per heavy atom. The molecule has 1 aromatic carbocycles. The van der Waals surface area contributed by atoms with Crippen LogP contribution in [0.4, 0.5) is 5.69 Å². The minimum absolute atomic E-state index is 0.0645. The van der Waals surface area contributed by atoms with Crippen molar-refractivity contribution in [3.05, 3.63) is 28.8 Å². The van der Waals surface area contributed by atoms with Gasteiger partial charge in [0.05, 0.1) is 6.10 Å². The summed E-state index contributed by atoms with van der Waals surface area (Å²) < 4.78 is 5.48. The highest BCUT2D eigenvalue weighted by Gasteiger charge is 2.18. The summed E-state index contributed by atoms with van der Waals surface area (Å²) in [5.41, 5.74) is 6.79. The Labute approximate surface area is 106 Å². The molecule has 0 radical (unpaired) electrons. The molecule has 0 saturated carbocycles. The third-order valence-corrected chi connectivity index (χ3v) is 3.27. The van der Waals surface area contributed by atoms with Crippen LogP contribution in [0, 0.1) is 0 Å². The van der Waals surface area contributed by atoms with E-state index in [1.54, 1.807) is 18.2 Å². The van der Waals surface area contributed by atoms with Crippen LogP contribution in [0.3, 0.4) is 0 Å². The quantitative estimate of drug-likeness (QED) is 0.663. The molecule has 1 aliphatic heterocycles. The smallest absolute Gasteiger partial charge is 0.165 e. The molecule has 2 rings (SSSR count). The molecule has 1 aliphatic rings. The monoisotopic (exact) mass is 253 g/mol. The number of hydrogen-bond acceptors (Lipinski definition) is 3. The predicted molar refractivity (Wildman–Crippen MR) is 68.4 cm³/mol. The lowest BCUT2D eigenvalue weighted by Crippen LogP contribution is -2.10.